The van der Waals surface area contributed by atoms with Gasteiger partial charge in [-0.3, -0.25) is 4.79 Å². The molecule has 1 aromatic rings. The number of hydrogen-bond donors (Lipinski definition) is 1. The fraction of sp³-hybridized carbons (Fsp3) is 0.667. The lowest BCUT2D eigenvalue weighted by molar-refractivity contribution is 0.0941. The second-order valence-electron chi connectivity index (χ2n) is 3.87. The third-order valence-electron chi connectivity index (χ3n) is 2.62. The number of carbonyl (C=O) groups is 1. The molecule has 0 saturated heterocycles. The Bertz CT molecular complexity index is 312. The Labute approximate surface area is 86.9 Å². The standard InChI is InChI=1S/C9H13N3OS/c1-6-2-3-7(4-6)11-9(13)8-5-10-12-14-8/h5-7H,2-4H2,1H3,(H,11,13). The molecular formula is C9H13N3OS. The molecule has 76 valence electrons. The number of nitrogens with one attached hydrogen (secondary N) is 1. The lowest BCUT2D eigenvalue weighted by Gasteiger charge is -2.10. The van der Waals surface area contributed by atoms with Gasteiger partial charge < -0.3 is 5.32 Å². The van der Waals surface area contributed by atoms with Gasteiger partial charge in [-0.25, -0.2) is 0 Å². The predicted octanol–water partition coefficient (Wildman–Crippen LogP) is 1.46. The lowest BCUT2D eigenvalue weighted by Crippen LogP contribution is -2.32. The first kappa shape index (κ1) is 9.58. The Morgan fingerprint density at radius 1 is 1.64 bits per heavy atom. The molecule has 0 aromatic carbocycles. The molecular weight excluding hydrogens is 198 g/mol. The number of carbonyl (C=O) groups excluding carboxylic acids is 1. The van der Waals surface area contributed by atoms with Crippen molar-refractivity contribution in [3.8, 4) is 0 Å². The molecule has 1 aromatic heterocycles. The minimum atomic E-state index is -0.0286. The highest BCUT2D eigenvalue weighted by atomic mass is 32.1. The van der Waals surface area contributed by atoms with E-state index in [1.807, 2.05) is 0 Å². The van der Waals surface area contributed by atoms with Gasteiger partial charge in [0.25, 0.3) is 5.91 Å². The van der Waals surface area contributed by atoms with E-state index in [-0.39, 0.29) is 5.91 Å². The first-order chi connectivity index (χ1) is 6.75. The van der Waals surface area contributed by atoms with Crippen LogP contribution in [-0.2, 0) is 0 Å². The quantitative estimate of drug-likeness (QED) is 0.805. The van der Waals surface area contributed by atoms with E-state index in [1.165, 1.54) is 12.6 Å². The average Bonchev–Trinajstić information content (AvgIpc) is 2.75. The summed E-state index contributed by atoms with van der Waals surface area (Å²) in [5, 5.41) is 6.64. The maximum absolute atomic E-state index is 11.6. The van der Waals surface area contributed by atoms with Crippen molar-refractivity contribution in [2.24, 2.45) is 5.92 Å². The van der Waals surface area contributed by atoms with E-state index < -0.39 is 0 Å². The van der Waals surface area contributed by atoms with Gasteiger partial charge in [-0.05, 0) is 36.7 Å². The first-order valence-corrected chi connectivity index (χ1v) is 5.61. The molecule has 1 aliphatic rings. The molecule has 2 atom stereocenters. The largest absolute Gasteiger partial charge is 0.349 e. The zero-order valence-electron chi connectivity index (χ0n) is 8.06. The molecule has 4 nitrogen and oxygen atoms in total. The highest BCUT2D eigenvalue weighted by Crippen LogP contribution is 2.24. The number of amides is 1. The minimum absolute atomic E-state index is 0.0286. The van der Waals surface area contributed by atoms with Gasteiger partial charge in [-0.15, -0.1) is 5.10 Å². The van der Waals surface area contributed by atoms with Crippen LogP contribution in [0, 0.1) is 5.92 Å². The van der Waals surface area contributed by atoms with Crippen LogP contribution in [0.3, 0.4) is 0 Å². The molecule has 1 amide bonds. The van der Waals surface area contributed by atoms with Crippen molar-refractivity contribution in [3.63, 3.8) is 0 Å². The molecule has 1 N–H and O–H groups in total. The van der Waals surface area contributed by atoms with E-state index in [4.69, 9.17) is 0 Å². The van der Waals surface area contributed by atoms with Gasteiger partial charge in [0.05, 0.1) is 6.20 Å². The van der Waals surface area contributed by atoms with E-state index in [1.54, 1.807) is 0 Å². The summed E-state index contributed by atoms with van der Waals surface area (Å²) in [6.45, 7) is 2.22. The Hall–Kier alpha value is -0.970. The summed E-state index contributed by atoms with van der Waals surface area (Å²) in [6.07, 6.45) is 4.92. The molecule has 1 saturated carbocycles. The molecule has 1 fully saturated rings. The molecule has 1 aliphatic carbocycles. The molecule has 5 heteroatoms. The maximum atomic E-state index is 11.6. The van der Waals surface area contributed by atoms with Crippen LogP contribution in [0.15, 0.2) is 6.20 Å². The Balaban J connectivity index is 1.89. The highest BCUT2D eigenvalue weighted by Gasteiger charge is 2.23. The van der Waals surface area contributed by atoms with Crippen molar-refractivity contribution >= 4 is 17.4 Å². The number of aromatic nitrogens is 2. The Morgan fingerprint density at radius 2 is 2.50 bits per heavy atom. The van der Waals surface area contributed by atoms with E-state index in [0.29, 0.717) is 10.9 Å². The van der Waals surface area contributed by atoms with Crippen molar-refractivity contribution in [2.45, 2.75) is 32.2 Å². The topological polar surface area (TPSA) is 54.9 Å². The Morgan fingerprint density at radius 3 is 3.07 bits per heavy atom. The zero-order valence-corrected chi connectivity index (χ0v) is 8.88. The third kappa shape index (κ3) is 2.09. The van der Waals surface area contributed by atoms with Crippen LogP contribution in [0.1, 0.15) is 35.9 Å². The lowest BCUT2D eigenvalue weighted by atomic mass is 10.1. The van der Waals surface area contributed by atoms with Crippen LogP contribution in [0.2, 0.25) is 0 Å². The third-order valence-corrected chi connectivity index (χ3v) is 3.28. The summed E-state index contributed by atoms with van der Waals surface area (Å²) in [5.74, 6) is 0.707. The SMILES string of the molecule is CC1CCC(NC(=O)c2cnns2)C1. The molecule has 1 heterocycles. The molecule has 2 rings (SSSR count). The highest BCUT2D eigenvalue weighted by molar-refractivity contribution is 7.07. The van der Waals surface area contributed by atoms with Crippen molar-refractivity contribution in [2.75, 3.05) is 0 Å². The van der Waals surface area contributed by atoms with E-state index in [9.17, 15) is 4.79 Å². The van der Waals surface area contributed by atoms with Gasteiger partial charge in [0.15, 0.2) is 0 Å². The van der Waals surface area contributed by atoms with Gasteiger partial charge in [-0.1, -0.05) is 11.4 Å². The van der Waals surface area contributed by atoms with E-state index >= 15 is 0 Å². The van der Waals surface area contributed by atoms with Crippen LogP contribution < -0.4 is 5.32 Å². The van der Waals surface area contributed by atoms with Crippen molar-refractivity contribution in [3.05, 3.63) is 11.1 Å². The summed E-state index contributed by atoms with van der Waals surface area (Å²) >= 11 is 1.14. The smallest absolute Gasteiger partial charge is 0.264 e. The molecule has 0 spiro atoms. The van der Waals surface area contributed by atoms with Crippen LogP contribution >= 0.6 is 11.5 Å². The predicted molar refractivity (Wildman–Crippen MR) is 54.2 cm³/mol. The molecule has 0 bridgehead atoms. The molecule has 2 unspecified atom stereocenters. The van der Waals surface area contributed by atoms with Gasteiger partial charge in [0.2, 0.25) is 0 Å². The second kappa shape index (κ2) is 4.04. The van der Waals surface area contributed by atoms with Gasteiger partial charge in [-0.2, -0.15) is 0 Å². The van der Waals surface area contributed by atoms with Crippen molar-refractivity contribution in [1.82, 2.24) is 14.9 Å². The number of rotatable bonds is 2. The summed E-state index contributed by atoms with van der Waals surface area (Å²) in [7, 11) is 0. The molecule has 0 aliphatic heterocycles. The first-order valence-electron chi connectivity index (χ1n) is 4.84. The summed E-state index contributed by atoms with van der Waals surface area (Å²) in [6, 6.07) is 0.347. The van der Waals surface area contributed by atoms with Crippen LogP contribution in [0.5, 0.6) is 0 Å². The van der Waals surface area contributed by atoms with Crippen LogP contribution in [0.25, 0.3) is 0 Å². The summed E-state index contributed by atoms with van der Waals surface area (Å²) in [5.41, 5.74) is 0. The van der Waals surface area contributed by atoms with Gasteiger partial charge in [0.1, 0.15) is 4.88 Å². The van der Waals surface area contributed by atoms with E-state index in [2.05, 4.69) is 21.8 Å². The normalized spacial score (nSPS) is 26.4. The Kier molecular flexibility index (Phi) is 2.77. The summed E-state index contributed by atoms with van der Waals surface area (Å²) < 4.78 is 3.66. The maximum Gasteiger partial charge on any atom is 0.264 e. The second-order valence-corrected chi connectivity index (χ2v) is 4.66. The van der Waals surface area contributed by atoms with Gasteiger partial charge in [0, 0.05) is 6.04 Å². The minimum Gasteiger partial charge on any atom is -0.349 e. The van der Waals surface area contributed by atoms with Crippen LogP contribution in [0.4, 0.5) is 0 Å². The fourth-order valence-electron chi connectivity index (χ4n) is 1.86. The summed E-state index contributed by atoms with van der Waals surface area (Å²) in [4.78, 5) is 12.2. The molecule has 0 radical (unpaired) electrons. The van der Waals surface area contributed by atoms with Gasteiger partial charge >= 0.3 is 0 Å². The monoisotopic (exact) mass is 211 g/mol. The van der Waals surface area contributed by atoms with Crippen molar-refractivity contribution < 1.29 is 4.79 Å². The zero-order chi connectivity index (χ0) is 9.97. The fourth-order valence-corrected chi connectivity index (χ4v) is 2.28. The number of nitrogens with zero attached hydrogens (tertiary/aromatic N) is 2. The number of hydrogen-bond acceptors (Lipinski definition) is 4. The van der Waals surface area contributed by atoms with Crippen LogP contribution in [-0.4, -0.2) is 21.5 Å². The van der Waals surface area contributed by atoms with Crippen molar-refractivity contribution in [1.29, 1.82) is 0 Å². The average molecular weight is 211 g/mol. The van der Waals surface area contributed by atoms with E-state index in [0.717, 1.165) is 30.3 Å². The molecule has 14 heavy (non-hydrogen) atoms.